The summed E-state index contributed by atoms with van der Waals surface area (Å²) in [5.41, 5.74) is 7.42. The molecule has 0 fully saturated rings. The average molecular weight is 402 g/mol. The van der Waals surface area contributed by atoms with E-state index in [0.717, 1.165) is 24.2 Å². The first-order valence-electron chi connectivity index (χ1n) is 8.78. The number of hydrogen-bond donors (Lipinski definition) is 3. The third-order valence-corrected chi connectivity index (χ3v) is 5.18. The maximum atomic E-state index is 12.6. The number of aryl methyl sites for hydroxylation is 1. The Labute approximate surface area is 167 Å². The van der Waals surface area contributed by atoms with Gasteiger partial charge in [0.1, 0.15) is 6.04 Å². The van der Waals surface area contributed by atoms with E-state index in [0.29, 0.717) is 18.5 Å². The van der Waals surface area contributed by atoms with Gasteiger partial charge in [0, 0.05) is 17.6 Å². The maximum absolute atomic E-state index is 12.6. The fourth-order valence-corrected chi connectivity index (χ4v) is 2.89. The number of carbonyl (C=O) groups excluding carboxylic acids is 2. The number of amides is 2. The highest BCUT2D eigenvalue weighted by molar-refractivity contribution is 7.98. The zero-order valence-electron chi connectivity index (χ0n) is 16.1. The van der Waals surface area contributed by atoms with Crippen molar-refractivity contribution in [3.63, 3.8) is 0 Å². The summed E-state index contributed by atoms with van der Waals surface area (Å²) in [6.45, 7) is 6.38. The fraction of sp³-hybridized carbons (Fsp3) is 0.579. The van der Waals surface area contributed by atoms with Crippen molar-refractivity contribution in [1.29, 1.82) is 0 Å². The predicted molar refractivity (Wildman–Crippen MR) is 113 cm³/mol. The van der Waals surface area contributed by atoms with Crippen molar-refractivity contribution in [2.45, 2.75) is 51.6 Å². The molecule has 0 aliphatic carbocycles. The van der Waals surface area contributed by atoms with Crippen molar-refractivity contribution in [2.24, 2.45) is 5.73 Å². The van der Waals surface area contributed by atoms with Crippen molar-refractivity contribution >= 4 is 36.0 Å². The second-order valence-corrected chi connectivity index (χ2v) is 7.45. The Hall–Kier alpha value is -1.24. The van der Waals surface area contributed by atoms with Crippen molar-refractivity contribution in [2.75, 3.05) is 18.6 Å². The van der Waals surface area contributed by atoms with Gasteiger partial charge in [-0.25, -0.2) is 0 Å². The summed E-state index contributed by atoms with van der Waals surface area (Å²) in [5, 5.41) is 5.78. The Kier molecular flexibility index (Phi) is 11.6. The lowest BCUT2D eigenvalue weighted by atomic mass is 9.94. The normalized spacial score (nSPS) is 12.0. The molecule has 1 aromatic carbocycles. The Bertz CT molecular complexity index is 580. The van der Waals surface area contributed by atoms with Crippen LogP contribution in [0.5, 0.6) is 0 Å². The number of carbonyl (C=O) groups is 2. The molecule has 2 amide bonds. The highest BCUT2D eigenvalue weighted by Gasteiger charge is 2.25. The van der Waals surface area contributed by atoms with Crippen LogP contribution in [0.4, 0.5) is 0 Å². The Morgan fingerprint density at radius 2 is 1.92 bits per heavy atom. The lowest BCUT2D eigenvalue weighted by Gasteiger charge is -2.28. The fourth-order valence-electron chi connectivity index (χ4n) is 2.42. The summed E-state index contributed by atoms with van der Waals surface area (Å²) >= 11 is 1.65. The van der Waals surface area contributed by atoms with E-state index in [9.17, 15) is 9.59 Å². The van der Waals surface area contributed by atoms with Crippen LogP contribution in [-0.2, 0) is 4.79 Å². The second-order valence-electron chi connectivity index (χ2n) is 6.46. The third-order valence-electron chi connectivity index (χ3n) is 4.54. The minimum Gasteiger partial charge on any atom is -0.352 e. The molecule has 148 valence electrons. The van der Waals surface area contributed by atoms with E-state index in [4.69, 9.17) is 5.73 Å². The van der Waals surface area contributed by atoms with Crippen LogP contribution in [-0.4, -0.2) is 41.9 Å². The highest BCUT2D eigenvalue weighted by Crippen LogP contribution is 2.10. The summed E-state index contributed by atoms with van der Waals surface area (Å²) in [7, 11) is 0. The van der Waals surface area contributed by atoms with Crippen molar-refractivity contribution < 1.29 is 9.59 Å². The number of benzene rings is 1. The Balaban J connectivity index is 0.00000625. The first-order chi connectivity index (χ1) is 11.8. The van der Waals surface area contributed by atoms with Crippen LogP contribution in [0.15, 0.2) is 24.3 Å². The van der Waals surface area contributed by atoms with E-state index >= 15 is 0 Å². The van der Waals surface area contributed by atoms with Crippen LogP contribution < -0.4 is 16.4 Å². The third kappa shape index (κ3) is 7.98. The summed E-state index contributed by atoms with van der Waals surface area (Å²) < 4.78 is 0. The van der Waals surface area contributed by atoms with Gasteiger partial charge in [-0.15, -0.1) is 12.4 Å². The van der Waals surface area contributed by atoms with Gasteiger partial charge in [-0.3, -0.25) is 9.59 Å². The highest BCUT2D eigenvalue weighted by atomic mass is 35.5. The number of nitrogens with two attached hydrogens (primary N) is 1. The number of halogens is 1. The van der Waals surface area contributed by atoms with E-state index in [-0.39, 0.29) is 24.2 Å². The molecule has 0 heterocycles. The second kappa shape index (κ2) is 12.2. The Morgan fingerprint density at radius 3 is 2.46 bits per heavy atom. The zero-order valence-corrected chi connectivity index (χ0v) is 17.8. The van der Waals surface area contributed by atoms with Gasteiger partial charge in [0.05, 0.1) is 0 Å². The minimum atomic E-state index is -0.557. The van der Waals surface area contributed by atoms with E-state index in [1.807, 2.05) is 45.2 Å². The standard InChI is InChI=1S/C19H31N3O2S.ClH/c1-5-19(20,6-2)13-21-18(24)16(10-11-25-4)22-17(23)15-9-7-8-14(3)12-15;/h7-9,12,16H,5-6,10-11,13,20H2,1-4H3,(H,21,24)(H,22,23);1H. The zero-order chi connectivity index (χ0) is 18.9. The monoisotopic (exact) mass is 401 g/mol. The molecule has 0 spiro atoms. The van der Waals surface area contributed by atoms with Gasteiger partial charge >= 0.3 is 0 Å². The average Bonchev–Trinajstić information content (AvgIpc) is 2.62. The van der Waals surface area contributed by atoms with E-state index < -0.39 is 11.6 Å². The Morgan fingerprint density at radius 1 is 1.27 bits per heavy atom. The van der Waals surface area contributed by atoms with Crippen LogP contribution in [0.25, 0.3) is 0 Å². The largest absolute Gasteiger partial charge is 0.352 e. The van der Waals surface area contributed by atoms with Gasteiger partial charge in [-0.2, -0.15) is 11.8 Å². The van der Waals surface area contributed by atoms with Gasteiger partial charge in [0.15, 0.2) is 0 Å². The molecule has 0 saturated heterocycles. The molecule has 0 saturated carbocycles. The summed E-state index contributed by atoms with van der Waals surface area (Å²) in [6.07, 6.45) is 4.14. The van der Waals surface area contributed by atoms with Crippen LogP contribution in [0.3, 0.4) is 0 Å². The quantitative estimate of drug-likeness (QED) is 0.562. The van der Waals surface area contributed by atoms with Crippen LogP contribution in [0.1, 0.15) is 49.0 Å². The summed E-state index contributed by atoms with van der Waals surface area (Å²) in [4.78, 5) is 25.0. The van der Waals surface area contributed by atoms with Crippen LogP contribution >= 0.6 is 24.2 Å². The molecule has 0 bridgehead atoms. The molecule has 0 aliphatic rings. The SMILES string of the molecule is CCC(N)(CC)CNC(=O)C(CCSC)NC(=O)c1cccc(C)c1.Cl. The molecule has 4 N–H and O–H groups in total. The molecule has 1 atom stereocenters. The smallest absolute Gasteiger partial charge is 0.251 e. The molecule has 1 unspecified atom stereocenters. The first-order valence-corrected chi connectivity index (χ1v) is 10.2. The molecule has 1 aromatic rings. The van der Waals surface area contributed by atoms with Crippen LogP contribution in [0, 0.1) is 6.92 Å². The van der Waals surface area contributed by atoms with E-state index in [2.05, 4.69) is 10.6 Å². The van der Waals surface area contributed by atoms with Gasteiger partial charge in [0.2, 0.25) is 5.91 Å². The number of nitrogens with one attached hydrogen (secondary N) is 2. The van der Waals surface area contributed by atoms with Crippen molar-refractivity contribution in [1.82, 2.24) is 10.6 Å². The van der Waals surface area contributed by atoms with Crippen molar-refractivity contribution in [3.8, 4) is 0 Å². The lowest BCUT2D eigenvalue weighted by Crippen LogP contribution is -2.54. The molecule has 0 aliphatic heterocycles. The predicted octanol–water partition coefficient (Wildman–Crippen LogP) is 2.90. The van der Waals surface area contributed by atoms with Gasteiger partial charge in [0.25, 0.3) is 5.91 Å². The van der Waals surface area contributed by atoms with E-state index in [1.54, 1.807) is 17.8 Å². The summed E-state index contributed by atoms with van der Waals surface area (Å²) in [5.74, 6) is 0.392. The maximum Gasteiger partial charge on any atom is 0.251 e. The van der Waals surface area contributed by atoms with Crippen LogP contribution in [0.2, 0.25) is 0 Å². The molecule has 1 rings (SSSR count). The topological polar surface area (TPSA) is 84.2 Å². The van der Waals surface area contributed by atoms with Crippen molar-refractivity contribution in [3.05, 3.63) is 35.4 Å². The van der Waals surface area contributed by atoms with E-state index in [1.165, 1.54) is 0 Å². The molecule has 26 heavy (non-hydrogen) atoms. The summed E-state index contributed by atoms with van der Waals surface area (Å²) in [6, 6.07) is 6.79. The molecule has 0 radical (unpaired) electrons. The lowest BCUT2D eigenvalue weighted by molar-refractivity contribution is -0.123. The molecular formula is C19H32ClN3O2S. The first kappa shape index (κ1) is 24.8. The molecular weight excluding hydrogens is 370 g/mol. The van der Waals surface area contributed by atoms with Gasteiger partial charge < -0.3 is 16.4 Å². The van der Waals surface area contributed by atoms with Gasteiger partial charge in [-0.05, 0) is 50.3 Å². The van der Waals surface area contributed by atoms with Gasteiger partial charge in [-0.1, -0.05) is 31.5 Å². The molecule has 0 aromatic heterocycles. The number of thioether (sulfide) groups is 1. The number of hydrogen-bond acceptors (Lipinski definition) is 4. The molecule has 5 nitrogen and oxygen atoms in total. The minimum absolute atomic E-state index is 0. The number of rotatable bonds is 10. The molecule has 7 heteroatoms.